The van der Waals surface area contributed by atoms with Crippen LogP contribution in [0.25, 0.3) is 76.6 Å². The summed E-state index contributed by atoms with van der Waals surface area (Å²) >= 11 is 0. The third-order valence-corrected chi connectivity index (χ3v) is 15.7. The Morgan fingerprint density at radius 3 is 1.25 bits per heavy atom. The van der Waals surface area contributed by atoms with Crippen LogP contribution in [-0.2, 0) is 0 Å². The highest BCUT2D eigenvalue weighted by Crippen LogP contribution is 2.56. The molecule has 2 fully saturated rings. The van der Waals surface area contributed by atoms with Gasteiger partial charge in [0.2, 0.25) is 0 Å². The van der Waals surface area contributed by atoms with Crippen LogP contribution in [0.4, 0.5) is 42.9 Å². The van der Waals surface area contributed by atoms with E-state index in [4.69, 9.17) is 13.3 Å². The fourth-order valence-electron chi connectivity index (χ4n) is 12.5. The number of anilines is 6. The summed E-state index contributed by atoms with van der Waals surface area (Å²) in [6.07, 6.45) is 12.0. The number of rotatable bonds is 8. The zero-order valence-corrected chi connectivity index (χ0v) is 39.3. The molecule has 0 aliphatic heterocycles. The van der Waals surface area contributed by atoms with Crippen molar-refractivity contribution in [1.29, 1.82) is 0 Å². The fraction of sp³-hybridized carbons (Fsp3) is 0.188. The summed E-state index contributed by atoms with van der Waals surface area (Å²) < 4.78 is 51.9. The van der Waals surface area contributed by atoms with Crippen molar-refractivity contribution in [3.05, 3.63) is 193 Å². The summed E-state index contributed by atoms with van der Waals surface area (Å²) in [5.41, 5.74) is 12.0. The van der Waals surface area contributed by atoms with E-state index in [0.29, 0.717) is 23.0 Å². The molecular weight excluding hydrogens is 883 g/mol. The molecule has 0 amide bonds. The standard InChI is InChI=1S/C64H50F2N2O3/c65-41-31-35-43(36-32-41)67(54-28-13-26-51-49-24-11-22-45(60(49)70-62(51)54)39-15-3-1-4-16-39)58-47-19-7-8-20-48(47)59(64-57(58)53-21-9-10-30-56(53)69-64)68(44-37-33-42(66)34-38-44)55-29-14-27-52-50-25-12-23-46(61(50)71-63(52)55)40-17-5-2-6-18-40/h7-14,19-40H,1-6,15-18H2. The first-order valence-electron chi connectivity index (χ1n) is 25.4. The minimum Gasteiger partial charge on any atom is -0.454 e. The summed E-state index contributed by atoms with van der Waals surface area (Å²) in [6, 6.07) is 55.9. The number of fused-ring (bicyclic) bond motifs is 10. The maximum absolute atomic E-state index is 15.1. The monoisotopic (exact) mass is 932 g/mol. The van der Waals surface area contributed by atoms with Gasteiger partial charge in [0.05, 0.1) is 28.1 Å². The van der Waals surface area contributed by atoms with Gasteiger partial charge in [-0.15, -0.1) is 0 Å². The highest BCUT2D eigenvalue weighted by atomic mass is 19.1. The molecule has 0 radical (unpaired) electrons. The smallest absolute Gasteiger partial charge is 0.162 e. The number of halogens is 2. The molecular formula is C64H50F2N2O3. The molecule has 3 aromatic heterocycles. The number of benzene rings is 9. The van der Waals surface area contributed by atoms with Crippen LogP contribution in [0.3, 0.4) is 0 Å². The zero-order chi connectivity index (χ0) is 47.2. The van der Waals surface area contributed by atoms with E-state index in [1.165, 1.54) is 73.9 Å². The molecule has 0 atom stereocenters. The van der Waals surface area contributed by atoms with Crippen molar-refractivity contribution in [2.24, 2.45) is 0 Å². The molecule has 9 aromatic carbocycles. The lowest BCUT2D eigenvalue weighted by Gasteiger charge is -2.31. The van der Waals surface area contributed by atoms with E-state index in [0.717, 1.165) is 125 Å². The van der Waals surface area contributed by atoms with Crippen LogP contribution in [0.5, 0.6) is 0 Å². The Morgan fingerprint density at radius 1 is 0.338 bits per heavy atom. The Hall–Kier alpha value is -7.90. The largest absolute Gasteiger partial charge is 0.454 e. The average molecular weight is 933 g/mol. The van der Waals surface area contributed by atoms with Gasteiger partial charge in [-0.1, -0.05) is 142 Å². The first-order chi connectivity index (χ1) is 35.1. The van der Waals surface area contributed by atoms with Crippen LogP contribution in [0.1, 0.15) is 87.2 Å². The van der Waals surface area contributed by atoms with Crippen molar-refractivity contribution >= 4 is 111 Å². The number of para-hydroxylation sites is 5. The van der Waals surface area contributed by atoms with E-state index in [-0.39, 0.29) is 11.6 Å². The molecule has 2 aliphatic carbocycles. The molecule has 0 unspecified atom stereocenters. The third kappa shape index (κ3) is 6.76. The summed E-state index contributed by atoms with van der Waals surface area (Å²) in [4.78, 5) is 4.42. The fourth-order valence-corrected chi connectivity index (χ4v) is 12.5. The van der Waals surface area contributed by atoms with Crippen molar-refractivity contribution in [2.75, 3.05) is 9.80 Å². The number of furan rings is 3. The van der Waals surface area contributed by atoms with Crippen molar-refractivity contribution in [2.45, 2.75) is 76.0 Å². The number of hydrogen-bond donors (Lipinski definition) is 0. The molecule has 7 heteroatoms. The lowest BCUT2D eigenvalue weighted by molar-refractivity contribution is 0.442. The number of nitrogens with zero attached hydrogens (tertiary/aromatic N) is 2. The van der Waals surface area contributed by atoms with Crippen LogP contribution in [0.15, 0.2) is 183 Å². The maximum atomic E-state index is 15.1. The molecule has 0 bridgehead atoms. The summed E-state index contributed by atoms with van der Waals surface area (Å²) in [5.74, 6) is 0.214. The molecule has 0 spiro atoms. The molecule has 2 saturated carbocycles. The minimum absolute atomic E-state index is 0.326. The lowest BCUT2D eigenvalue weighted by Crippen LogP contribution is -2.14. The Labute approximate surface area is 409 Å². The summed E-state index contributed by atoms with van der Waals surface area (Å²) in [5, 5.41) is 7.77. The Kier molecular flexibility index (Phi) is 10.0. The van der Waals surface area contributed by atoms with E-state index in [1.54, 1.807) is 0 Å². The van der Waals surface area contributed by atoms with Gasteiger partial charge in [0.1, 0.15) is 28.4 Å². The molecule has 0 saturated heterocycles. The predicted octanol–water partition coefficient (Wildman–Crippen LogP) is 19.9. The molecule has 3 heterocycles. The van der Waals surface area contributed by atoms with Gasteiger partial charge in [0.15, 0.2) is 16.7 Å². The van der Waals surface area contributed by atoms with Gasteiger partial charge in [0.25, 0.3) is 0 Å². The van der Waals surface area contributed by atoms with Gasteiger partial charge in [-0.2, -0.15) is 0 Å². The van der Waals surface area contributed by atoms with E-state index < -0.39 is 0 Å². The quantitative estimate of drug-likeness (QED) is 0.142. The van der Waals surface area contributed by atoms with Gasteiger partial charge in [-0.25, -0.2) is 8.78 Å². The molecule has 5 nitrogen and oxygen atoms in total. The van der Waals surface area contributed by atoms with Gasteiger partial charge in [-0.3, -0.25) is 0 Å². The highest BCUT2D eigenvalue weighted by molar-refractivity contribution is 6.29. The van der Waals surface area contributed by atoms with Crippen LogP contribution >= 0.6 is 0 Å². The van der Waals surface area contributed by atoms with Gasteiger partial charge < -0.3 is 23.1 Å². The maximum Gasteiger partial charge on any atom is 0.162 e. The zero-order valence-electron chi connectivity index (χ0n) is 39.3. The highest BCUT2D eigenvalue weighted by Gasteiger charge is 2.33. The first-order valence-corrected chi connectivity index (χ1v) is 25.4. The van der Waals surface area contributed by atoms with Crippen molar-refractivity contribution < 1.29 is 22.0 Å². The molecule has 0 N–H and O–H groups in total. The Bertz CT molecular complexity index is 4000. The van der Waals surface area contributed by atoms with Gasteiger partial charge >= 0.3 is 0 Å². The van der Waals surface area contributed by atoms with Crippen molar-refractivity contribution in [3.8, 4) is 0 Å². The van der Waals surface area contributed by atoms with E-state index in [1.807, 2.05) is 42.5 Å². The number of hydrogen-bond acceptors (Lipinski definition) is 5. The SMILES string of the molecule is Fc1ccc(N(c2cccc3c2oc2c(C4CCCCC4)cccc23)c2c3ccccc3c(N(c3ccc(F)cc3)c3cccc4c3oc3c(C5CCCCC5)cccc34)c3c2oc2ccccc23)cc1. The second-order valence-corrected chi connectivity index (χ2v) is 19.8. The molecule has 2 aliphatic rings. The molecule has 12 aromatic rings. The van der Waals surface area contributed by atoms with Crippen LogP contribution < -0.4 is 9.80 Å². The molecule has 14 rings (SSSR count). The van der Waals surface area contributed by atoms with Crippen molar-refractivity contribution in [1.82, 2.24) is 0 Å². The summed E-state index contributed by atoms with van der Waals surface area (Å²) in [7, 11) is 0. The van der Waals surface area contributed by atoms with E-state index in [2.05, 4.69) is 113 Å². The van der Waals surface area contributed by atoms with Crippen LogP contribution in [-0.4, -0.2) is 0 Å². The first kappa shape index (κ1) is 42.0. The second-order valence-electron chi connectivity index (χ2n) is 19.8. The van der Waals surface area contributed by atoms with E-state index >= 15 is 8.78 Å². The molecule has 71 heavy (non-hydrogen) atoms. The topological polar surface area (TPSA) is 45.9 Å². The van der Waals surface area contributed by atoms with E-state index in [9.17, 15) is 0 Å². The Morgan fingerprint density at radius 2 is 0.746 bits per heavy atom. The lowest BCUT2D eigenvalue weighted by atomic mass is 9.83. The van der Waals surface area contributed by atoms with Crippen LogP contribution in [0.2, 0.25) is 0 Å². The van der Waals surface area contributed by atoms with Gasteiger partial charge in [0, 0.05) is 49.1 Å². The minimum atomic E-state index is -0.331. The van der Waals surface area contributed by atoms with Gasteiger partial charge in [-0.05, 0) is 115 Å². The van der Waals surface area contributed by atoms with Crippen molar-refractivity contribution in [3.63, 3.8) is 0 Å². The van der Waals surface area contributed by atoms with Crippen LogP contribution in [0, 0.1) is 11.6 Å². The molecule has 348 valence electrons. The third-order valence-electron chi connectivity index (χ3n) is 15.7. The second kappa shape index (κ2) is 16.9. The average Bonchev–Trinajstić information content (AvgIpc) is 4.13. The predicted molar refractivity (Wildman–Crippen MR) is 287 cm³/mol. The normalized spacial score (nSPS) is 15.1. The summed E-state index contributed by atoms with van der Waals surface area (Å²) in [6.45, 7) is 0. The Balaban J connectivity index is 1.08.